The van der Waals surface area contributed by atoms with E-state index in [-0.39, 0.29) is 16.2 Å². The second kappa shape index (κ2) is 11.7. The van der Waals surface area contributed by atoms with Crippen LogP contribution in [-0.2, 0) is 19.6 Å². The third kappa shape index (κ3) is 6.39. The smallest absolute Gasteiger partial charge is 0.339 e. The number of carbonyl (C=O) groups excluding carboxylic acids is 3. The van der Waals surface area contributed by atoms with Gasteiger partial charge in [-0.05, 0) is 49.4 Å². The first-order valence-electron chi connectivity index (χ1n) is 12.0. The van der Waals surface area contributed by atoms with Crippen LogP contribution in [0.3, 0.4) is 0 Å². The van der Waals surface area contributed by atoms with Crippen molar-refractivity contribution >= 4 is 39.1 Å². The molecule has 0 aliphatic heterocycles. The number of ether oxygens (including phenoxy) is 1. The van der Waals surface area contributed by atoms with Gasteiger partial charge >= 0.3 is 5.97 Å². The molecule has 0 saturated carbocycles. The first-order chi connectivity index (χ1) is 18.7. The molecule has 0 bridgehead atoms. The SMILES string of the molecule is CC(=O)c1cccc(NC(=O)[C@H](OC(=O)c2cccc(S(=O)(=O)N(C)c3ccccc3)c2)c2ccccc2)c1. The van der Waals surface area contributed by atoms with Gasteiger partial charge in [-0.3, -0.25) is 13.9 Å². The van der Waals surface area contributed by atoms with Gasteiger partial charge in [0.2, 0.25) is 6.10 Å². The zero-order chi connectivity index (χ0) is 28.0. The predicted molar refractivity (Wildman–Crippen MR) is 148 cm³/mol. The highest BCUT2D eigenvalue weighted by Crippen LogP contribution is 2.25. The van der Waals surface area contributed by atoms with E-state index < -0.39 is 28.0 Å². The van der Waals surface area contributed by atoms with Crippen LogP contribution in [0.25, 0.3) is 0 Å². The molecule has 0 fully saturated rings. The van der Waals surface area contributed by atoms with Crippen molar-refractivity contribution in [3.05, 3.63) is 126 Å². The first kappa shape index (κ1) is 27.3. The summed E-state index contributed by atoms with van der Waals surface area (Å²) in [5.41, 5.74) is 1.62. The van der Waals surface area contributed by atoms with Gasteiger partial charge in [0.15, 0.2) is 5.78 Å². The maximum absolute atomic E-state index is 13.3. The lowest BCUT2D eigenvalue weighted by atomic mass is 10.1. The second-order valence-electron chi connectivity index (χ2n) is 8.66. The van der Waals surface area contributed by atoms with Crippen molar-refractivity contribution in [3.63, 3.8) is 0 Å². The summed E-state index contributed by atoms with van der Waals surface area (Å²) in [6.07, 6.45) is -1.34. The largest absolute Gasteiger partial charge is 0.444 e. The Morgan fingerprint density at radius 3 is 2.05 bits per heavy atom. The van der Waals surface area contributed by atoms with E-state index in [1.165, 1.54) is 44.3 Å². The topological polar surface area (TPSA) is 110 Å². The van der Waals surface area contributed by atoms with Crippen LogP contribution in [0, 0.1) is 0 Å². The van der Waals surface area contributed by atoms with Gasteiger partial charge in [0, 0.05) is 23.9 Å². The molecule has 0 aliphatic rings. The molecule has 0 aliphatic carbocycles. The number of rotatable bonds is 9. The lowest BCUT2D eigenvalue weighted by Crippen LogP contribution is -2.27. The molecule has 0 radical (unpaired) electrons. The summed E-state index contributed by atoms with van der Waals surface area (Å²) < 4.78 is 33.2. The molecule has 198 valence electrons. The number of nitrogens with zero attached hydrogens (tertiary/aromatic N) is 1. The van der Waals surface area contributed by atoms with E-state index in [0.29, 0.717) is 22.5 Å². The van der Waals surface area contributed by atoms with Gasteiger partial charge in [0.25, 0.3) is 15.9 Å². The number of hydrogen-bond acceptors (Lipinski definition) is 6. The molecule has 9 heteroatoms. The Kier molecular flexibility index (Phi) is 8.21. The summed E-state index contributed by atoms with van der Waals surface area (Å²) >= 11 is 0. The number of sulfonamides is 1. The summed E-state index contributed by atoms with van der Waals surface area (Å²) in [5.74, 6) is -1.68. The summed E-state index contributed by atoms with van der Waals surface area (Å²) in [7, 11) is -2.55. The third-order valence-electron chi connectivity index (χ3n) is 5.95. The molecule has 4 aromatic rings. The van der Waals surface area contributed by atoms with Gasteiger partial charge in [-0.25, -0.2) is 13.2 Å². The molecule has 8 nitrogen and oxygen atoms in total. The summed E-state index contributed by atoms with van der Waals surface area (Å²) in [4.78, 5) is 38.1. The third-order valence-corrected chi connectivity index (χ3v) is 7.73. The maximum atomic E-state index is 13.3. The van der Waals surface area contributed by atoms with Gasteiger partial charge in [0.1, 0.15) is 0 Å². The lowest BCUT2D eigenvalue weighted by Gasteiger charge is -2.20. The van der Waals surface area contributed by atoms with Crippen LogP contribution < -0.4 is 9.62 Å². The van der Waals surface area contributed by atoms with E-state index in [9.17, 15) is 22.8 Å². The molecule has 1 amide bonds. The van der Waals surface area contributed by atoms with Crippen molar-refractivity contribution in [2.24, 2.45) is 0 Å². The van der Waals surface area contributed by atoms with Crippen LogP contribution in [0.5, 0.6) is 0 Å². The van der Waals surface area contributed by atoms with Crippen LogP contribution in [0.1, 0.15) is 39.3 Å². The van der Waals surface area contributed by atoms with E-state index in [1.54, 1.807) is 78.9 Å². The fourth-order valence-electron chi connectivity index (χ4n) is 3.82. The number of hydrogen-bond donors (Lipinski definition) is 1. The molecule has 0 heterocycles. The molecule has 0 saturated heterocycles. The highest BCUT2D eigenvalue weighted by atomic mass is 32.2. The van der Waals surface area contributed by atoms with Crippen molar-refractivity contribution in [1.82, 2.24) is 0 Å². The average molecular weight is 543 g/mol. The Balaban J connectivity index is 1.60. The van der Waals surface area contributed by atoms with Crippen molar-refractivity contribution in [1.29, 1.82) is 0 Å². The van der Waals surface area contributed by atoms with Gasteiger partial charge in [-0.1, -0.05) is 66.7 Å². The van der Waals surface area contributed by atoms with Gasteiger partial charge in [-0.2, -0.15) is 0 Å². The lowest BCUT2D eigenvalue weighted by molar-refractivity contribution is -0.125. The Labute approximate surface area is 226 Å². The Morgan fingerprint density at radius 1 is 0.769 bits per heavy atom. The number of esters is 1. The quantitative estimate of drug-likeness (QED) is 0.229. The minimum Gasteiger partial charge on any atom is -0.444 e. The molecular formula is C30H26N2O6S. The van der Waals surface area contributed by atoms with Crippen molar-refractivity contribution in [3.8, 4) is 0 Å². The fourth-order valence-corrected chi connectivity index (χ4v) is 5.06. The number of carbonyl (C=O) groups is 3. The zero-order valence-electron chi connectivity index (χ0n) is 21.3. The van der Waals surface area contributed by atoms with E-state index in [0.717, 1.165) is 4.31 Å². The second-order valence-corrected chi connectivity index (χ2v) is 10.6. The maximum Gasteiger partial charge on any atom is 0.339 e. The van der Waals surface area contributed by atoms with E-state index in [4.69, 9.17) is 4.74 Å². The van der Waals surface area contributed by atoms with Crippen LogP contribution in [0.15, 0.2) is 114 Å². The molecule has 0 unspecified atom stereocenters. The van der Waals surface area contributed by atoms with Crippen LogP contribution in [-0.4, -0.2) is 33.1 Å². The number of Topliss-reactive ketones (excluding diaryl/α,β-unsaturated/α-hetero) is 1. The Bertz CT molecular complexity index is 1610. The highest BCUT2D eigenvalue weighted by Gasteiger charge is 2.28. The monoisotopic (exact) mass is 542 g/mol. The van der Waals surface area contributed by atoms with E-state index >= 15 is 0 Å². The van der Waals surface area contributed by atoms with Gasteiger partial charge < -0.3 is 10.1 Å². The molecule has 4 rings (SSSR count). The van der Waals surface area contributed by atoms with E-state index in [2.05, 4.69) is 5.32 Å². The van der Waals surface area contributed by atoms with Crippen LogP contribution in [0.4, 0.5) is 11.4 Å². The van der Waals surface area contributed by atoms with Crippen LogP contribution in [0.2, 0.25) is 0 Å². The number of ketones is 1. The summed E-state index contributed by atoms with van der Waals surface area (Å²) in [5, 5.41) is 2.69. The molecule has 1 N–H and O–H groups in total. The predicted octanol–water partition coefficient (Wildman–Crippen LogP) is 5.25. The summed E-state index contributed by atoms with van der Waals surface area (Å²) in [6, 6.07) is 28.8. The van der Waals surface area contributed by atoms with Crippen molar-refractivity contribution < 1.29 is 27.5 Å². The highest BCUT2D eigenvalue weighted by molar-refractivity contribution is 7.92. The zero-order valence-corrected chi connectivity index (χ0v) is 22.1. The van der Waals surface area contributed by atoms with Crippen LogP contribution >= 0.6 is 0 Å². The molecule has 0 aromatic heterocycles. The Morgan fingerprint density at radius 2 is 1.38 bits per heavy atom. The molecular weight excluding hydrogens is 516 g/mol. The van der Waals surface area contributed by atoms with Gasteiger partial charge in [-0.15, -0.1) is 0 Å². The first-order valence-corrected chi connectivity index (χ1v) is 13.4. The minimum absolute atomic E-state index is 0.0372. The van der Waals surface area contributed by atoms with Crippen molar-refractivity contribution in [2.75, 3.05) is 16.7 Å². The summed E-state index contributed by atoms with van der Waals surface area (Å²) in [6.45, 7) is 1.42. The number of nitrogens with one attached hydrogen (secondary N) is 1. The molecule has 4 aromatic carbocycles. The average Bonchev–Trinajstić information content (AvgIpc) is 2.96. The number of anilines is 2. The number of amides is 1. The molecule has 39 heavy (non-hydrogen) atoms. The van der Waals surface area contributed by atoms with E-state index in [1.807, 2.05) is 0 Å². The van der Waals surface area contributed by atoms with Crippen molar-refractivity contribution in [2.45, 2.75) is 17.9 Å². The minimum atomic E-state index is -3.98. The number of benzene rings is 4. The Hall–Kier alpha value is -4.76. The molecule has 0 spiro atoms. The number of para-hydroxylation sites is 1. The normalized spacial score (nSPS) is 11.7. The van der Waals surface area contributed by atoms with Gasteiger partial charge in [0.05, 0.1) is 16.1 Å². The fraction of sp³-hybridized carbons (Fsp3) is 0.100. The standard InChI is InChI=1S/C30H26N2O6S/c1-21(33)23-13-9-15-25(19-23)31-29(34)28(22-11-5-3-6-12-22)38-30(35)24-14-10-18-27(20-24)39(36,37)32(2)26-16-7-4-8-17-26/h3-20,28H,1-2H3,(H,31,34)/t28-/m1/s1. The molecule has 1 atom stereocenters.